The maximum atomic E-state index is 6.23. The molecule has 0 aromatic heterocycles. The average molecular weight is 266 g/mol. The van der Waals surface area contributed by atoms with Crippen LogP contribution in [0.1, 0.15) is 18.9 Å². The normalized spacial score (nSPS) is 14.7. The lowest BCUT2D eigenvalue weighted by molar-refractivity contribution is 0.237. The zero-order chi connectivity index (χ0) is 13.4. The summed E-state index contributed by atoms with van der Waals surface area (Å²) in [5.74, 6) is 1.22. The lowest BCUT2D eigenvalue weighted by atomic mass is 10.1. The molecule has 0 fully saturated rings. The Kier molecular flexibility index (Phi) is 7.40. The van der Waals surface area contributed by atoms with E-state index in [1.165, 1.54) is 17.7 Å². The van der Waals surface area contributed by atoms with Crippen molar-refractivity contribution in [2.45, 2.75) is 31.8 Å². The number of nitrogens with zero attached hydrogens (tertiary/aromatic N) is 1. The zero-order valence-electron chi connectivity index (χ0n) is 11.8. The molecule has 0 saturated heterocycles. The van der Waals surface area contributed by atoms with Crippen LogP contribution in [0.15, 0.2) is 30.3 Å². The third-order valence-corrected chi connectivity index (χ3v) is 4.00. The molecule has 0 aliphatic rings. The van der Waals surface area contributed by atoms with E-state index in [0.29, 0.717) is 6.04 Å². The van der Waals surface area contributed by atoms with Crippen LogP contribution in [-0.4, -0.2) is 42.6 Å². The van der Waals surface area contributed by atoms with Gasteiger partial charge in [0.1, 0.15) is 0 Å². The van der Waals surface area contributed by atoms with Gasteiger partial charge in [-0.2, -0.15) is 11.8 Å². The highest BCUT2D eigenvalue weighted by atomic mass is 32.2. The lowest BCUT2D eigenvalue weighted by Crippen LogP contribution is -2.41. The monoisotopic (exact) mass is 266 g/mol. The second kappa shape index (κ2) is 8.57. The van der Waals surface area contributed by atoms with Crippen molar-refractivity contribution in [1.82, 2.24) is 4.90 Å². The molecule has 0 bridgehead atoms. The van der Waals surface area contributed by atoms with Gasteiger partial charge in [0, 0.05) is 18.6 Å². The molecule has 0 aliphatic heterocycles. The molecule has 1 rings (SSSR count). The van der Waals surface area contributed by atoms with E-state index in [0.717, 1.165) is 13.0 Å². The molecule has 2 N–H and O–H groups in total. The van der Waals surface area contributed by atoms with E-state index in [9.17, 15) is 0 Å². The first-order valence-corrected chi connectivity index (χ1v) is 8.01. The Morgan fingerprint density at radius 3 is 2.56 bits per heavy atom. The molecule has 18 heavy (non-hydrogen) atoms. The van der Waals surface area contributed by atoms with Gasteiger partial charge in [-0.15, -0.1) is 0 Å². The fourth-order valence-corrected chi connectivity index (χ4v) is 2.62. The highest BCUT2D eigenvalue weighted by Crippen LogP contribution is 2.08. The minimum absolute atomic E-state index is 0.217. The molecule has 102 valence electrons. The molecule has 2 nitrogen and oxygen atoms in total. The van der Waals surface area contributed by atoms with E-state index in [4.69, 9.17) is 5.73 Å². The van der Waals surface area contributed by atoms with Gasteiger partial charge in [0.2, 0.25) is 0 Å². The lowest BCUT2D eigenvalue weighted by Gasteiger charge is -2.27. The second-order valence-corrected chi connectivity index (χ2v) is 6.01. The molecule has 3 heteroatoms. The van der Waals surface area contributed by atoms with E-state index >= 15 is 0 Å². The van der Waals surface area contributed by atoms with Crippen LogP contribution in [0.4, 0.5) is 0 Å². The molecule has 0 saturated carbocycles. The molecular weight excluding hydrogens is 240 g/mol. The van der Waals surface area contributed by atoms with Crippen LogP contribution < -0.4 is 5.73 Å². The van der Waals surface area contributed by atoms with E-state index in [2.05, 4.69) is 49.4 Å². The van der Waals surface area contributed by atoms with Crippen LogP contribution in [-0.2, 0) is 6.42 Å². The third kappa shape index (κ3) is 5.89. The van der Waals surface area contributed by atoms with E-state index in [1.54, 1.807) is 0 Å². The van der Waals surface area contributed by atoms with Gasteiger partial charge >= 0.3 is 0 Å². The smallest absolute Gasteiger partial charge is 0.0208 e. The van der Waals surface area contributed by atoms with Crippen molar-refractivity contribution < 1.29 is 0 Å². The van der Waals surface area contributed by atoms with Crippen LogP contribution in [0.2, 0.25) is 0 Å². The zero-order valence-corrected chi connectivity index (χ0v) is 12.6. The minimum atomic E-state index is 0.217. The van der Waals surface area contributed by atoms with Crippen molar-refractivity contribution in [2.75, 3.05) is 25.6 Å². The van der Waals surface area contributed by atoms with Gasteiger partial charge in [-0.05, 0) is 44.4 Å². The molecule has 0 amide bonds. The summed E-state index contributed by atoms with van der Waals surface area (Å²) in [6.45, 7) is 3.25. The quantitative estimate of drug-likeness (QED) is 0.784. The fourth-order valence-electron chi connectivity index (χ4n) is 2.04. The van der Waals surface area contributed by atoms with Crippen LogP contribution in [0.25, 0.3) is 0 Å². The molecular formula is C15H26N2S. The highest BCUT2D eigenvalue weighted by molar-refractivity contribution is 7.98. The Hall–Kier alpha value is -0.510. The van der Waals surface area contributed by atoms with Crippen LogP contribution in [0.5, 0.6) is 0 Å². The highest BCUT2D eigenvalue weighted by Gasteiger charge is 2.12. The summed E-state index contributed by atoms with van der Waals surface area (Å²) >= 11 is 1.91. The minimum Gasteiger partial charge on any atom is -0.326 e. The van der Waals surface area contributed by atoms with Gasteiger partial charge in [0.15, 0.2) is 0 Å². The van der Waals surface area contributed by atoms with E-state index < -0.39 is 0 Å². The summed E-state index contributed by atoms with van der Waals surface area (Å²) in [7, 11) is 2.18. The first kappa shape index (κ1) is 15.5. The average Bonchev–Trinajstić information content (AvgIpc) is 2.36. The summed E-state index contributed by atoms with van der Waals surface area (Å²) < 4.78 is 0. The molecule has 2 unspecified atom stereocenters. The van der Waals surface area contributed by atoms with Crippen LogP contribution in [0.3, 0.4) is 0 Å². The first-order chi connectivity index (χ1) is 8.63. The number of hydrogen-bond acceptors (Lipinski definition) is 3. The van der Waals surface area contributed by atoms with Crippen molar-refractivity contribution in [3.05, 3.63) is 35.9 Å². The summed E-state index contributed by atoms with van der Waals surface area (Å²) in [5.41, 5.74) is 7.56. The van der Waals surface area contributed by atoms with Gasteiger partial charge < -0.3 is 10.6 Å². The number of hydrogen-bond donors (Lipinski definition) is 1. The predicted octanol–water partition coefficient (Wildman–Crippen LogP) is 2.63. The van der Waals surface area contributed by atoms with Gasteiger partial charge in [-0.3, -0.25) is 0 Å². The Morgan fingerprint density at radius 2 is 1.94 bits per heavy atom. The van der Waals surface area contributed by atoms with Crippen LogP contribution >= 0.6 is 11.8 Å². The van der Waals surface area contributed by atoms with Gasteiger partial charge in [0.25, 0.3) is 0 Å². The third-order valence-electron chi connectivity index (χ3n) is 3.36. The topological polar surface area (TPSA) is 29.3 Å². The van der Waals surface area contributed by atoms with E-state index in [1.807, 2.05) is 17.8 Å². The van der Waals surface area contributed by atoms with Gasteiger partial charge in [0.05, 0.1) is 0 Å². The summed E-state index contributed by atoms with van der Waals surface area (Å²) in [6, 6.07) is 11.3. The molecule has 1 aromatic carbocycles. The molecule has 0 radical (unpaired) electrons. The Labute approximate surface area is 116 Å². The number of rotatable bonds is 8. The maximum absolute atomic E-state index is 6.23. The van der Waals surface area contributed by atoms with Crippen molar-refractivity contribution in [2.24, 2.45) is 5.73 Å². The number of likely N-dealkylation sites (N-methyl/N-ethyl adjacent to an activating group) is 1. The van der Waals surface area contributed by atoms with Crippen molar-refractivity contribution in [1.29, 1.82) is 0 Å². The maximum Gasteiger partial charge on any atom is 0.0208 e. The van der Waals surface area contributed by atoms with Crippen molar-refractivity contribution in [3.8, 4) is 0 Å². The Morgan fingerprint density at radius 1 is 1.28 bits per heavy atom. The Balaban J connectivity index is 2.33. The van der Waals surface area contributed by atoms with Gasteiger partial charge in [-0.25, -0.2) is 0 Å². The largest absolute Gasteiger partial charge is 0.326 e. The molecule has 1 aromatic rings. The second-order valence-electron chi connectivity index (χ2n) is 5.02. The SMILES string of the molecule is CSCCC(C)N(C)CC(N)Cc1ccccc1. The van der Waals surface area contributed by atoms with Gasteiger partial charge in [-0.1, -0.05) is 30.3 Å². The molecule has 0 aliphatic carbocycles. The van der Waals surface area contributed by atoms with E-state index in [-0.39, 0.29) is 6.04 Å². The molecule has 0 heterocycles. The first-order valence-electron chi connectivity index (χ1n) is 6.62. The molecule has 0 spiro atoms. The van der Waals surface area contributed by atoms with Crippen molar-refractivity contribution in [3.63, 3.8) is 0 Å². The summed E-state index contributed by atoms with van der Waals surface area (Å²) in [4.78, 5) is 2.38. The standard InChI is InChI=1S/C15H26N2S/c1-13(9-10-18-3)17(2)12-15(16)11-14-7-5-4-6-8-14/h4-8,13,15H,9-12,16H2,1-3H3. The summed E-state index contributed by atoms with van der Waals surface area (Å²) in [6.07, 6.45) is 4.35. The predicted molar refractivity (Wildman–Crippen MR) is 83.2 cm³/mol. The number of thioether (sulfide) groups is 1. The number of nitrogens with two attached hydrogens (primary N) is 1. The van der Waals surface area contributed by atoms with Crippen LogP contribution in [0, 0.1) is 0 Å². The molecule has 2 atom stereocenters. The number of benzene rings is 1. The van der Waals surface area contributed by atoms with Crippen molar-refractivity contribution >= 4 is 11.8 Å². The Bertz CT molecular complexity index is 316. The fraction of sp³-hybridized carbons (Fsp3) is 0.600. The summed E-state index contributed by atoms with van der Waals surface area (Å²) in [5, 5.41) is 0.